The molecule has 0 aliphatic carbocycles. The molecule has 0 aromatic heterocycles. The quantitative estimate of drug-likeness (QED) is 0.449. The average Bonchev–Trinajstić information content (AvgIpc) is 2.39. The lowest BCUT2D eigenvalue weighted by Crippen LogP contribution is -2.40. The summed E-state index contributed by atoms with van der Waals surface area (Å²) in [5, 5.41) is 0. The van der Waals surface area contributed by atoms with E-state index in [0.717, 1.165) is 0 Å². The van der Waals surface area contributed by atoms with Crippen molar-refractivity contribution in [2.75, 3.05) is 14.2 Å². The molecule has 0 bridgehead atoms. The van der Waals surface area contributed by atoms with Gasteiger partial charge in [0.25, 0.3) is 0 Å². The first-order chi connectivity index (χ1) is 9.23. The number of ether oxygens (including phenoxy) is 2. The molecule has 110 valence electrons. The van der Waals surface area contributed by atoms with Gasteiger partial charge in [-0.3, -0.25) is 9.59 Å². The molecule has 0 saturated heterocycles. The number of methoxy groups -OCH3 is 2. The standard InChI is InChI=1S/C16H22O4/c1-7-8-11-16(13(17)19-5,14(18)20-6)12-9-10-15(2,3)4/h11-12H2,1-6H3. The second kappa shape index (κ2) is 7.60. The van der Waals surface area contributed by atoms with E-state index < -0.39 is 17.4 Å². The van der Waals surface area contributed by atoms with Crippen LogP contribution in [0.25, 0.3) is 0 Å². The van der Waals surface area contributed by atoms with Gasteiger partial charge in [0.1, 0.15) is 0 Å². The molecule has 0 aromatic rings. The van der Waals surface area contributed by atoms with Crippen LogP contribution in [0, 0.1) is 34.5 Å². The van der Waals surface area contributed by atoms with Crippen LogP contribution in [0.1, 0.15) is 40.5 Å². The van der Waals surface area contributed by atoms with Gasteiger partial charge in [-0.2, -0.15) is 0 Å². The van der Waals surface area contributed by atoms with Gasteiger partial charge in [0.05, 0.1) is 14.2 Å². The molecule has 0 rings (SSSR count). The Morgan fingerprint density at radius 1 is 0.950 bits per heavy atom. The summed E-state index contributed by atoms with van der Waals surface area (Å²) in [5.74, 6) is 9.96. The van der Waals surface area contributed by atoms with Gasteiger partial charge in [-0.25, -0.2) is 0 Å². The Labute approximate surface area is 121 Å². The molecule has 0 aromatic carbocycles. The van der Waals surface area contributed by atoms with E-state index in [-0.39, 0.29) is 18.3 Å². The molecule has 0 spiro atoms. The normalized spacial score (nSPS) is 10.5. The lowest BCUT2D eigenvalue weighted by Gasteiger charge is -2.24. The summed E-state index contributed by atoms with van der Waals surface area (Å²) in [6.07, 6.45) is 0.0555. The number of esters is 2. The second-order valence-corrected chi connectivity index (χ2v) is 5.40. The van der Waals surface area contributed by atoms with Gasteiger partial charge < -0.3 is 9.47 Å². The molecule has 0 aliphatic rings. The maximum Gasteiger partial charge on any atom is 0.325 e. The van der Waals surface area contributed by atoms with Gasteiger partial charge in [-0.05, 0) is 27.7 Å². The minimum atomic E-state index is -1.48. The molecule has 0 atom stereocenters. The van der Waals surface area contributed by atoms with E-state index in [0.29, 0.717) is 0 Å². The number of hydrogen-bond donors (Lipinski definition) is 0. The van der Waals surface area contributed by atoms with Crippen molar-refractivity contribution >= 4 is 11.9 Å². The van der Waals surface area contributed by atoms with Crippen LogP contribution in [-0.4, -0.2) is 26.2 Å². The second-order valence-electron chi connectivity index (χ2n) is 5.40. The Morgan fingerprint density at radius 3 is 1.75 bits per heavy atom. The molecule has 0 aliphatic heterocycles. The SMILES string of the molecule is CC#CCC(CC#CC(C)(C)C)(C(=O)OC)C(=O)OC. The fraction of sp³-hybridized carbons (Fsp3) is 0.625. The van der Waals surface area contributed by atoms with Crippen molar-refractivity contribution in [3.05, 3.63) is 0 Å². The van der Waals surface area contributed by atoms with E-state index in [2.05, 4.69) is 23.7 Å². The average molecular weight is 278 g/mol. The predicted molar refractivity (Wildman–Crippen MR) is 76.4 cm³/mol. The molecular weight excluding hydrogens is 256 g/mol. The third-order valence-electron chi connectivity index (χ3n) is 2.57. The highest BCUT2D eigenvalue weighted by molar-refractivity contribution is 6.00. The van der Waals surface area contributed by atoms with Crippen molar-refractivity contribution in [3.8, 4) is 23.7 Å². The van der Waals surface area contributed by atoms with Gasteiger partial charge in [-0.1, -0.05) is 5.92 Å². The van der Waals surface area contributed by atoms with Crippen molar-refractivity contribution in [1.29, 1.82) is 0 Å². The van der Waals surface area contributed by atoms with Gasteiger partial charge >= 0.3 is 11.9 Å². The van der Waals surface area contributed by atoms with Crippen molar-refractivity contribution in [2.45, 2.75) is 40.5 Å². The zero-order valence-corrected chi connectivity index (χ0v) is 13.0. The summed E-state index contributed by atoms with van der Waals surface area (Å²) in [7, 11) is 2.47. The highest BCUT2D eigenvalue weighted by atomic mass is 16.5. The van der Waals surface area contributed by atoms with Crippen LogP contribution in [-0.2, 0) is 19.1 Å². The van der Waals surface area contributed by atoms with Crippen LogP contribution in [0.4, 0.5) is 0 Å². The van der Waals surface area contributed by atoms with Crippen molar-refractivity contribution in [2.24, 2.45) is 10.8 Å². The maximum absolute atomic E-state index is 12.0. The van der Waals surface area contributed by atoms with Gasteiger partial charge in [-0.15, -0.1) is 17.8 Å². The van der Waals surface area contributed by atoms with Gasteiger partial charge in [0, 0.05) is 18.3 Å². The topological polar surface area (TPSA) is 52.6 Å². The van der Waals surface area contributed by atoms with Crippen LogP contribution >= 0.6 is 0 Å². The van der Waals surface area contributed by atoms with Crippen LogP contribution in [0.3, 0.4) is 0 Å². The zero-order valence-electron chi connectivity index (χ0n) is 13.0. The third-order valence-corrected chi connectivity index (χ3v) is 2.57. The molecule has 0 N–H and O–H groups in total. The van der Waals surface area contributed by atoms with Crippen molar-refractivity contribution in [1.82, 2.24) is 0 Å². The minimum Gasteiger partial charge on any atom is -0.468 e. The molecule has 4 heteroatoms. The van der Waals surface area contributed by atoms with Crippen molar-refractivity contribution in [3.63, 3.8) is 0 Å². The Hall–Kier alpha value is -1.94. The highest BCUT2D eigenvalue weighted by Crippen LogP contribution is 2.30. The van der Waals surface area contributed by atoms with Crippen LogP contribution in [0.2, 0.25) is 0 Å². The molecule has 20 heavy (non-hydrogen) atoms. The molecule has 4 nitrogen and oxygen atoms in total. The highest BCUT2D eigenvalue weighted by Gasteiger charge is 2.47. The Morgan fingerprint density at radius 2 is 1.40 bits per heavy atom. The summed E-state index contributed by atoms with van der Waals surface area (Å²) >= 11 is 0. The Balaban J connectivity index is 5.57. The molecule has 0 heterocycles. The summed E-state index contributed by atoms with van der Waals surface area (Å²) in [6, 6.07) is 0. The first-order valence-corrected chi connectivity index (χ1v) is 6.30. The first-order valence-electron chi connectivity index (χ1n) is 6.30. The number of hydrogen-bond acceptors (Lipinski definition) is 4. The lowest BCUT2D eigenvalue weighted by molar-refractivity contribution is -0.168. The number of rotatable bonds is 4. The monoisotopic (exact) mass is 278 g/mol. The fourth-order valence-corrected chi connectivity index (χ4v) is 1.52. The van der Waals surface area contributed by atoms with Gasteiger partial charge in [0.2, 0.25) is 0 Å². The van der Waals surface area contributed by atoms with Crippen LogP contribution in [0.15, 0.2) is 0 Å². The Kier molecular flexibility index (Phi) is 6.86. The van der Waals surface area contributed by atoms with Crippen molar-refractivity contribution < 1.29 is 19.1 Å². The van der Waals surface area contributed by atoms with Gasteiger partial charge in [0.15, 0.2) is 5.41 Å². The van der Waals surface area contributed by atoms with E-state index in [1.165, 1.54) is 14.2 Å². The van der Waals surface area contributed by atoms with Crippen LogP contribution < -0.4 is 0 Å². The molecule has 0 saturated carbocycles. The minimum absolute atomic E-state index is 0.0261. The summed E-state index contributed by atoms with van der Waals surface area (Å²) in [6.45, 7) is 7.48. The first kappa shape index (κ1) is 18.1. The fourth-order valence-electron chi connectivity index (χ4n) is 1.52. The maximum atomic E-state index is 12.0. The van der Waals surface area contributed by atoms with E-state index >= 15 is 0 Å². The van der Waals surface area contributed by atoms with E-state index in [1.54, 1.807) is 6.92 Å². The van der Waals surface area contributed by atoms with E-state index in [4.69, 9.17) is 9.47 Å². The summed E-state index contributed by atoms with van der Waals surface area (Å²) < 4.78 is 9.49. The van der Waals surface area contributed by atoms with Crippen LogP contribution in [0.5, 0.6) is 0 Å². The van der Waals surface area contributed by atoms with E-state index in [9.17, 15) is 9.59 Å². The molecule has 0 unspecified atom stereocenters. The summed E-state index contributed by atoms with van der Waals surface area (Å²) in [4.78, 5) is 24.1. The predicted octanol–water partition coefficient (Wildman–Crippen LogP) is 2.17. The largest absolute Gasteiger partial charge is 0.468 e. The number of carbonyl (C=O) groups is 2. The molecule has 0 fully saturated rings. The summed E-state index contributed by atoms with van der Waals surface area (Å²) in [5.41, 5.74) is -1.70. The molecular formula is C16H22O4. The lowest BCUT2D eigenvalue weighted by atomic mass is 9.81. The number of carbonyl (C=O) groups excluding carboxylic acids is 2. The third kappa shape index (κ3) is 4.97. The Bertz CT molecular complexity index is 459. The van der Waals surface area contributed by atoms with E-state index in [1.807, 2.05) is 20.8 Å². The smallest absolute Gasteiger partial charge is 0.325 e. The molecule has 0 amide bonds. The zero-order chi connectivity index (χ0) is 15.8. The molecule has 0 radical (unpaired) electrons.